The van der Waals surface area contributed by atoms with E-state index in [1.54, 1.807) is 0 Å². The summed E-state index contributed by atoms with van der Waals surface area (Å²) in [5, 5.41) is 3.54. The van der Waals surface area contributed by atoms with E-state index in [4.69, 9.17) is 4.74 Å². The van der Waals surface area contributed by atoms with Crippen molar-refractivity contribution in [3.63, 3.8) is 0 Å². The van der Waals surface area contributed by atoms with Gasteiger partial charge in [0.05, 0.1) is 6.61 Å². The Kier molecular flexibility index (Phi) is 7.84. The van der Waals surface area contributed by atoms with Crippen LogP contribution in [-0.4, -0.2) is 13.2 Å². The van der Waals surface area contributed by atoms with Crippen LogP contribution in [0.15, 0.2) is 48.5 Å². The van der Waals surface area contributed by atoms with E-state index in [9.17, 15) is 0 Å². The minimum Gasteiger partial charge on any atom is -0.494 e. The minimum absolute atomic E-state index is 0.470. The van der Waals surface area contributed by atoms with Crippen molar-refractivity contribution in [1.82, 2.24) is 0 Å². The van der Waals surface area contributed by atoms with E-state index >= 15 is 0 Å². The van der Waals surface area contributed by atoms with Gasteiger partial charge in [0.25, 0.3) is 0 Å². The second kappa shape index (κ2) is 10.1. The Hall–Kier alpha value is -1.96. The van der Waals surface area contributed by atoms with Crippen LogP contribution in [0.5, 0.6) is 5.75 Å². The van der Waals surface area contributed by atoms with Crippen molar-refractivity contribution in [2.24, 2.45) is 5.92 Å². The van der Waals surface area contributed by atoms with E-state index in [-0.39, 0.29) is 0 Å². The largest absolute Gasteiger partial charge is 0.494 e. The molecule has 0 spiro atoms. The summed E-state index contributed by atoms with van der Waals surface area (Å²) < 4.78 is 5.78. The molecule has 0 aromatic heterocycles. The predicted molar refractivity (Wildman–Crippen MR) is 109 cm³/mol. The number of ether oxygens (including phenoxy) is 1. The lowest BCUT2D eigenvalue weighted by atomic mass is 9.97. The van der Waals surface area contributed by atoms with Crippen LogP contribution in [0.1, 0.15) is 57.6 Å². The van der Waals surface area contributed by atoms with Gasteiger partial charge >= 0.3 is 0 Å². The number of nitrogens with one attached hydrogen (secondary N) is 1. The van der Waals surface area contributed by atoms with Gasteiger partial charge in [-0.3, -0.25) is 0 Å². The second-order valence-electron chi connectivity index (χ2n) is 7.35. The average Bonchev–Trinajstić information content (AvgIpc) is 2.60. The molecule has 2 aromatic rings. The van der Waals surface area contributed by atoms with Crippen molar-refractivity contribution in [2.45, 2.75) is 52.9 Å². The fourth-order valence-corrected chi connectivity index (χ4v) is 2.87. The first-order valence-electron chi connectivity index (χ1n) is 9.64. The summed E-state index contributed by atoms with van der Waals surface area (Å²) in [5.41, 5.74) is 3.93. The van der Waals surface area contributed by atoms with E-state index in [1.807, 2.05) is 6.07 Å². The summed E-state index contributed by atoms with van der Waals surface area (Å²) in [6.07, 6.45) is 3.41. The minimum atomic E-state index is 0.470. The van der Waals surface area contributed by atoms with Gasteiger partial charge in [-0.1, -0.05) is 64.4 Å². The SMILES string of the molecule is CCCCOc1cccc(NCC(C)c2ccc(CC(C)C)cc2)c1. The van der Waals surface area contributed by atoms with Crippen LogP contribution in [-0.2, 0) is 6.42 Å². The zero-order valence-corrected chi connectivity index (χ0v) is 16.2. The van der Waals surface area contributed by atoms with Crippen LogP contribution in [0.4, 0.5) is 5.69 Å². The molecule has 0 saturated carbocycles. The number of anilines is 1. The van der Waals surface area contributed by atoms with Gasteiger partial charge < -0.3 is 10.1 Å². The number of rotatable bonds is 10. The smallest absolute Gasteiger partial charge is 0.121 e. The van der Waals surface area contributed by atoms with Crippen LogP contribution in [0, 0.1) is 5.92 Å². The quantitative estimate of drug-likeness (QED) is 0.514. The molecule has 0 aliphatic heterocycles. The zero-order chi connectivity index (χ0) is 18.1. The number of unbranched alkanes of at least 4 members (excludes halogenated alkanes) is 1. The third kappa shape index (κ3) is 6.81. The van der Waals surface area contributed by atoms with Crippen molar-refractivity contribution < 1.29 is 4.74 Å². The Bertz CT molecular complexity index is 618. The molecule has 0 aliphatic rings. The maximum Gasteiger partial charge on any atom is 0.121 e. The van der Waals surface area contributed by atoms with Crippen molar-refractivity contribution in [3.05, 3.63) is 59.7 Å². The van der Waals surface area contributed by atoms with Gasteiger partial charge in [-0.05, 0) is 47.9 Å². The molecule has 1 atom stereocenters. The summed E-state index contributed by atoms with van der Waals surface area (Å²) in [7, 11) is 0. The number of hydrogen-bond acceptors (Lipinski definition) is 2. The molecule has 2 heteroatoms. The highest BCUT2D eigenvalue weighted by molar-refractivity contribution is 5.48. The molecule has 2 rings (SSSR count). The summed E-state index contributed by atoms with van der Waals surface area (Å²) in [5.74, 6) is 2.12. The normalized spacial score (nSPS) is 12.2. The molecule has 1 unspecified atom stereocenters. The first-order chi connectivity index (χ1) is 12.1. The van der Waals surface area contributed by atoms with Crippen LogP contribution < -0.4 is 10.1 Å². The maximum atomic E-state index is 5.78. The van der Waals surface area contributed by atoms with E-state index in [2.05, 4.69) is 75.5 Å². The Labute approximate surface area is 153 Å². The highest BCUT2D eigenvalue weighted by atomic mass is 16.5. The third-order valence-corrected chi connectivity index (χ3v) is 4.41. The molecule has 2 aromatic carbocycles. The van der Waals surface area contributed by atoms with Gasteiger partial charge in [-0.25, -0.2) is 0 Å². The van der Waals surface area contributed by atoms with Crippen molar-refractivity contribution >= 4 is 5.69 Å². The lowest BCUT2D eigenvalue weighted by Crippen LogP contribution is -2.10. The summed E-state index contributed by atoms with van der Waals surface area (Å²) in [6.45, 7) is 10.7. The number of hydrogen-bond donors (Lipinski definition) is 1. The molecule has 0 bridgehead atoms. The molecule has 136 valence electrons. The average molecular weight is 340 g/mol. The lowest BCUT2D eigenvalue weighted by Gasteiger charge is -2.16. The maximum absolute atomic E-state index is 5.78. The van der Waals surface area contributed by atoms with Crippen molar-refractivity contribution in [1.29, 1.82) is 0 Å². The van der Waals surface area contributed by atoms with Crippen molar-refractivity contribution in [2.75, 3.05) is 18.5 Å². The monoisotopic (exact) mass is 339 g/mol. The molecule has 0 heterocycles. The van der Waals surface area contributed by atoms with Gasteiger partial charge in [-0.2, -0.15) is 0 Å². The summed E-state index contributed by atoms with van der Waals surface area (Å²) in [4.78, 5) is 0. The van der Waals surface area contributed by atoms with Gasteiger partial charge in [0, 0.05) is 18.3 Å². The molecule has 0 radical (unpaired) electrons. The lowest BCUT2D eigenvalue weighted by molar-refractivity contribution is 0.309. The zero-order valence-electron chi connectivity index (χ0n) is 16.2. The van der Waals surface area contributed by atoms with Crippen LogP contribution in [0.2, 0.25) is 0 Å². The van der Waals surface area contributed by atoms with E-state index in [0.717, 1.165) is 43.9 Å². The van der Waals surface area contributed by atoms with Crippen LogP contribution >= 0.6 is 0 Å². The molecule has 0 aliphatic carbocycles. The van der Waals surface area contributed by atoms with Crippen LogP contribution in [0.3, 0.4) is 0 Å². The van der Waals surface area contributed by atoms with E-state index in [1.165, 1.54) is 11.1 Å². The Morgan fingerprint density at radius 3 is 2.44 bits per heavy atom. The molecular weight excluding hydrogens is 306 g/mol. The highest BCUT2D eigenvalue weighted by Crippen LogP contribution is 2.21. The molecule has 25 heavy (non-hydrogen) atoms. The van der Waals surface area contributed by atoms with Crippen LogP contribution in [0.25, 0.3) is 0 Å². The van der Waals surface area contributed by atoms with Gasteiger partial charge in [0.2, 0.25) is 0 Å². The Balaban J connectivity index is 1.86. The van der Waals surface area contributed by atoms with E-state index in [0.29, 0.717) is 11.8 Å². The fourth-order valence-electron chi connectivity index (χ4n) is 2.87. The standard InChI is InChI=1S/C23H33NO/c1-5-6-14-25-23-9-7-8-22(16-23)24-17-19(4)21-12-10-20(11-13-21)15-18(2)3/h7-13,16,18-19,24H,5-6,14-15,17H2,1-4H3. The second-order valence-corrected chi connectivity index (χ2v) is 7.35. The van der Waals surface area contributed by atoms with Gasteiger partial charge in [-0.15, -0.1) is 0 Å². The van der Waals surface area contributed by atoms with E-state index < -0.39 is 0 Å². The first kappa shape index (κ1) is 19.4. The topological polar surface area (TPSA) is 21.3 Å². The first-order valence-corrected chi connectivity index (χ1v) is 9.64. The van der Waals surface area contributed by atoms with Gasteiger partial charge in [0.15, 0.2) is 0 Å². The van der Waals surface area contributed by atoms with Gasteiger partial charge in [0.1, 0.15) is 5.75 Å². The number of benzene rings is 2. The summed E-state index contributed by atoms with van der Waals surface area (Å²) >= 11 is 0. The van der Waals surface area contributed by atoms with Crippen molar-refractivity contribution in [3.8, 4) is 5.75 Å². The predicted octanol–water partition coefficient (Wildman–Crippen LogP) is 6.28. The molecule has 0 amide bonds. The Morgan fingerprint density at radius 2 is 1.76 bits per heavy atom. The molecular formula is C23H33NO. The highest BCUT2D eigenvalue weighted by Gasteiger charge is 2.06. The summed E-state index contributed by atoms with van der Waals surface area (Å²) in [6, 6.07) is 17.4. The third-order valence-electron chi connectivity index (χ3n) is 4.41. The molecule has 0 fully saturated rings. The molecule has 2 nitrogen and oxygen atoms in total. The Morgan fingerprint density at radius 1 is 1.00 bits per heavy atom. The fraction of sp³-hybridized carbons (Fsp3) is 0.478. The molecule has 0 saturated heterocycles. The molecule has 1 N–H and O–H groups in total.